The van der Waals surface area contributed by atoms with E-state index >= 15 is 0 Å². The molecule has 0 aliphatic rings. The van der Waals surface area contributed by atoms with Gasteiger partial charge in [-0.1, -0.05) is 100 Å². The Kier molecular flexibility index (Phi) is 10.5. The van der Waals surface area contributed by atoms with Gasteiger partial charge in [0.15, 0.2) is 0 Å². The molecule has 51 heavy (non-hydrogen) atoms. The van der Waals surface area contributed by atoms with Crippen LogP contribution < -0.4 is 9.80 Å². The summed E-state index contributed by atoms with van der Waals surface area (Å²) >= 11 is 1.84. The largest absolute Gasteiger partial charge is 0.311 e. The Morgan fingerprint density at radius 1 is 0.294 bits per heavy atom. The van der Waals surface area contributed by atoms with Crippen molar-refractivity contribution < 1.29 is 0 Å². The third kappa shape index (κ3) is 7.55. The average molecular weight is 683 g/mol. The van der Waals surface area contributed by atoms with Crippen LogP contribution in [0.25, 0.3) is 20.9 Å². The lowest BCUT2D eigenvalue weighted by molar-refractivity contribution is 1.13. The SMILES string of the molecule is CCc1ccc(N(c2ccc(CC)cc2)c2ccc(-c3ccc(-c4ccc(N(c5ccc(CC)cc5)c5ccc(CC)cc5)cc4)s3)cc2)cc1. The van der Waals surface area contributed by atoms with E-state index in [4.69, 9.17) is 0 Å². The van der Waals surface area contributed by atoms with Crippen molar-refractivity contribution in [3.63, 3.8) is 0 Å². The van der Waals surface area contributed by atoms with Crippen molar-refractivity contribution >= 4 is 45.5 Å². The second kappa shape index (κ2) is 15.7. The summed E-state index contributed by atoms with van der Waals surface area (Å²) in [6.07, 6.45) is 4.14. The highest BCUT2D eigenvalue weighted by Gasteiger charge is 2.15. The van der Waals surface area contributed by atoms with Gasteiger partial charge in [-0.05, 0) is 144 Å². The Bertz CT molecular complexity index is 1890. The van der Waals surface area contributed by atoms with E-state index in [2.05, 4.69) is 195 Å². The van der Waals surface area contributed by atoms with Gasteiger partial charge in [-0.25, -0.2) is 0 Å². The minimum Gasteiger partial charge on any atom is -0.311 e. The number of hydrogen-bond donors (Lipinski definition) is 0. The van der Waals surface area contributed by atoms with E-state index in [1.165, 1.54) is 65.9 Å². The molecule has 0 amide bonds. The van der Waals surface area contributed by atoms with Crippen LogP contribution in [-0.2, 0) is 25.7 Å². The standard InChI is InChI=1S/C48H46N2S/c1-5-35-9-21-41(22-10-35)49(42-23-11-36(6-2)12-24-42)45-29-17-39(18-30-45)47-33-34-48(51-47)40-19-31-46(32-20-40)50(43-25-13-37(7-3)14-26-43)44-27-15-38(8-4)16-28-44/h9-34H,5-8H2,1-4H3. The van der Waals surface area contributed by atoms with E-state index in [1.54, 1.807) is 0 Å². The third-order valence-electron chi connectivity index (χ3n) is 9.84. The summed E-state index contributed by atoms with van der Waals surface area (Å²) in [5.74, 6) is 0. The molecule has 1 heterocycles. The maximum absolute atomic E-state index is 2.35. The van der Waals surface area contributed by atoms with E-state index in [9.17, 15) is 0 Å². The molecule has 0 unspecified atom stereocenters. The number of hydrogen-bond acceptors (Lipinski definition) is 3. The lowest BCUT2D eigenvalue weighted by atomic mass is 10.1. The van der Waals surface area contributed by atoms with E-state index in [0.717, 1.165) is 37.1 Å². The number of aryl methyl sites for hydroxylation is 4. The van der Waals surface area contributed by atoms with Crippen molar-refractivity contribution in [2.75, 3.05) is 9.80 Å². The minimum atomic E-state index is 1.03. The van der Waals surface area contributed by atoms with Crippen LogP contribution in [0.1, 0.15) is 49.9 Å². The molecule has 0 saturated carbocycles. The fraction of sp³-hybridized carbons (Fsp3) is 0.167. The molecule has 0 atom stereocenters. The van der Waals surface area contributed by atoms with Gasteiger partial charge < -0.3 is 9.80 Å². The third-order valence-corrected chi connectivity index (χ3v) is 11.0. The van der Waals surface area contributed by atoms with Gasteiger partial charge >= 0.3 is 0 Å². The van der Waals surface area contributed by atoms with Crippen LogP contribution in [0.4, 0.5) is 34.1 Å². The van der Waals surface area contributed by atoms with Crippen molar-refractivity contribution in [2.45, 2.75) is 53.4 Å². The lowest BCUT2D eigenvalue weighted by Crippen LogP contribution is -2.10. The Labute approximate surface area is 308 Å². The number of thiophene rings is 1. The highest BCUT2D eigenvalue weighted by atomic mass is 32.1. The summed E-state index contributed by atoms with van der Waals surface area (Å²) < 4.78 is 0. The fourth-order valence-corrected chi connectivity index (χ4v) is 7.63. The molecule has 1 aromatic heterocycles. The molecule has 6 aromatic carbocycles. The summed E-state index contributed by atoms with van der Waals surface area (Å²) in [4.78, 5) is 7.23. The zero-order valence-electron chi connectivity index (χ0n) is 30.1. The maximum atomic E-state index is 2.35. The molecule has 0 bridgehead atoms. The fourth-order valence-electron chi connectivity index (χ4n) is 6.62. The zero-order chi connectivity index (χ0) is 35.2. The topological polar surface area (TPSA) is 6.48 Å². The van der Waals surface area contributed by atoms with Crippen molar-refractivity contribution in [1.29, 1.82) is 0 Å². The Balaban J connectivity index is 1.14. The molecular formula is C48H46N2S. The summed E-state index contributed by atoms with van der Waals surface area (Å²) in [6.45, 7) is 8.81. The molecular weight excluding hydrogens is 637 g/mol. The van der Waals surface area contributed by atoms with E-state index in [-0.39, 0.29) is 0 Å². The quantitative estimate of drug-likeness (QED) is 0.127. The Morgan fingerprint density at radius 2 is 0.510 bits per heavy atom. The molecule has 3 heteroatoms. The molecule has 0 fully saturated rings. The molecule has 0 aliphatic heterocycles. The lowest BCUT2D eigenvalue weighted by Gasteiger charge is -2.26. The highest BCUT2D eigenvalue weighted by molar-refractivity contribution is 7.18. The van der Waals surface area contributed by atoms with E-state index in [1.807, 2.05) is 11.3 Å². The second-order valence-electron chi connectivity index (χ2n) is 13.0. The smallest absolute Gasteiger partial charge is 0.0462 e. The molecule has 7 aromatic rings. The molecule has 0 spiro atoms. The molecule has 0 N–H and O–H groups in total. The first-order chi connectivity index (χ1) is 25.1. The molecule has 2 nitrogen and oxygen atoms in total. The molecule has 0 saturated heterocycles. The normalized spacial score (nSPS) is 11.1. The monoisotopic (exact) mass is 682 g/mol. The van der Waals surface area contributed by atoms with Gasteiger partial charge in [0.25, 0.3) is 0 Å². The van der Waals surface area contributed by atoms with Gasteiger partial charge in [0, 0.05) is 43.9 Å². The van der Waals surface area contributed by atoms with E-state index < -0.39 is 0 Å². The average Bonchev–Trinajstić information content (AvgIpc) is 3.70. The highest BCUT2D eigenvalue weighted by Crippen LogP contribution is 2.40. The van der Waals surface area contributed by atoms with Crippen LogP contribution in [0.3, 0.4) is 0 Å². The summed E-state index contributed by atoms with van der Waals surface area (Å²) in [5, 5.41) is 0. The van der Waals surface area contributed by atoms with Gasteiger partial charge in [-0.15, -0.1) is 11.3 Å². The van der Waals surface area contributed by atoms with Crippen LogP contribution in [0.5, 0.6) is 0 Å². The van der Waals surface area contributed by atoms with Crippen LogP contribution >= 0.6 is 11.3 Å². The Morgan fingerprint density at radius 3 is 0.725 bits per heavy atom. The second-order valence-corrected chi connectivity index (χ2v) is 14.1. The molecule has 7 rings (SSSR count). The molecule has 0 radical (unpaired) electrons. The number of nitrogens with zero attached hydrogens (tertiary/aromatic N) is 2. The first-order valence-electron chi connectivity index (χ1n) is 18.3. The van der Waals surface area contributed by atoms with Crippen LogP contribution in [0.15, 0.2) is 158 Å². The van der Waals surface area contributed by atoms with Gasteiger partial charge in [0.2, 0.25) is 0 Å². The first-order valence-corrected chi connectivity index (χ1v) is 19.1. The number of benzene rings is 6. The van der Waals surface area contributed by atoms with Crippen molar-refractivity contribution in [1.82, 2.24) is 0 Å². The van der Waals surface area contributed by atoms with Crippen LogP contribution in [-0.4, -0.2) is 0 Å². The maximum Gasteiger partial charge on any atom is 0.0462 e. The predicted molar refractivity (Wildman–Crippen MR) is 222 cm³/mol. The van der Waals surface area contributed by atoms with Crippen molar-refractivity contribution in [2.24, 2.45) is 0 Å². The van der Waals surface area contributed by atoms with Crippen molar-refractivity contribution in [3.8, 4) is 20.9 Å². The summed E-state index contributed by atoms with van der Waals surface area (Å²) in [6, 6.07) is 58.3. The minimum absolute atomic E-state index is 1.03. The first kappa shape index (κ1) is 34.1. The van der Waals surface area contributed by atoms with Gasteiger partial charge in [-0.2, -0.15) is 0 Å². The number of anilines is 6. The van der Waals surface area contributed by atoms with Gasteiger partial charge in [0.05, 0.1) is 0 Å². The summed E-state index contributed by atoms with van der Waals surface area (Å²) in [7, 11) is 0. The van der Waals surface area contributed by atoms with Gasteiger partial charge in [0.1, 0.15) is 0 Å². The molecule has 0 aliphatic carbocycles. The molecule has 254 valence electrons. The van der Waals surface area contributed by atoms with Crippen molar-refractivity contribution in [3.05, 3.63) is 180 Å². The zero-order valence-corrected chi connectivity index (χ0v) is 31.0. The Hall–Kier alpha value is -5.38. The number of rotatable bonds is 12. The van der Waals surface area contributed by atoms with Crippen LogP contribution in [0, 0.1) is 0 Å². The summed E-state index contributed by atoms with van der Waals surface area (Å²) in [5.41, 5.74) is 14.8. The van der Waals surface area contributed by atoms with E-state index in [0.29, 0.717) is 0 Å². The predicted octanol–water partition coefficient (Wildman–Crippen LogP) is 14.3. The van der Waals surface area contributed by atoms with Gasteiger partial charge in [-0.3, -0.25) is 0 Å². The van der Waals surface area contributed by atoms with Crippen LogP contribution in [0.2, 0.25) is 0 Å².